The van der Waals surface area contributed by atoms with Gasteiger partial charge in [-0.15, -0.1) is 0 Å². The van der Waals surface area contributed by atoms with Crippen molar-refractivity contribution in [1.29, 1.82) is 0 Å². The Morgan fingerprint density at radius 1 is 1.17 bits per heavy atom. The largest absolute Gasteiger partial charge is 0.489 e. The molecule has 2 rings (SSSR count). The van der Waals surface area contributed by atoms with Gasteiger partial charge in [0, 0.05) is 27.3 Å². The van der Waals surface area contributed by atoms with E-state index in [1.807, 2.05) is 30.3 Å². The maximum Gasteiger partial charge on any atom is 0.126 e. The molecule has 1 aliphatic rings. The monoisotopic (exact) mass is 194 g/mol. The van der Waals surface area contributed by atoms with Crippen LogP contribution in [-0.2, 0) is 21.7 Å². The molecule has 1 aliphatic heterocycles. The zero-order chi connectivity index (χ0) is 6.81. The molecule has 12 heavy (non-hydrogen) atoms. The predicted molar refractivity (Wildman–Crippen MR) is 50.9 cm³/mol. The second kappa shape index (κ2) is 5.23. The molecule has 1 aromatic carbocycles. The van der Waals surface area contributed by atoms with Crippen molar-refractivity contribution in [1.82, 2.24) is 0 Å². The maximum absolute atomic E-state index is 5.34. The number of hydrogen-bond donors (Lipinski definition) is 0. The summed E-state index contributed by atoms with van der Waals surface area (Å²) < 4.78 is 5.34. The van der Waals surface area contributed by atoms with Gasteiger partial charge in [0.1, 0.15) is 12.4 Å². The third-order valence-corrected chi connectivity index (χ3v) is 1.55. The Morgan fingerprint density at radius 2 is 1.92 bits per heavy atom. The van der Waals surface area contributed by atoms with Gasteiger partial charge < -0.3 is 4.74 Å². The van der Waals surface area contributed by atoms with Gasteiger partial charge in [0.05, 0.1) is 8.41 Å². The van der Waals surface area contributed by atoms with E-state index in [4.69, 9.17) is 4.74 Å². The molecule has 0 spiro atoms. The minimum absolute atomic E-state index is 0. The summed E-state index contributed by atoms with van der Waals surface area (Å²) in [4.78, 5) is 0. The maximum atomic E-state index is 5.34. The minimum Gasteiger partial charge on any atom is -0.489 e. The van der Waals surface area contributed by atoms with Gasteiger partial charge in [-0.2, -0.15) is 0 Å². The van der Waals surface area contributed by atoms with E-state index in [0.29, 0.717) is 6.61 Å². The summed E-state index contributed by atoms with van der Waals surface area (Å²) >= 11 is 0. The fourth-order valence-electron chi connectivity index (χ4n) is 1.06. The van der Waals surface area contributed by atoms with Gasteiger partial charge in [0.15, 0.2) is 0 Å². The summed E-state index contributed by atoms with van der Waals surface area (Å²) in [5.74, 6) is 0.991. The molecule has 0 saturated heterocycles. The molecule has 0 N–H and O–H groups in total. The van der Waals surface area contributed by atoms with Crippen molar-refractivity contribution in [3.8, 4) is 5.75 Å². The molecule has 0 aliphatic carbocycles. The Kier molecular flexibility index (Phi) is 5.03. The van der Waals surface area contributed by atoms with Crippen LogP contribution in [0.5, 0.6) is 5.75 Å². The Balaban J connectivity index is 0.000000605. The van der Waals surface area contributed by atoms with Crippen molar-refractivity contribution in [3.05, 3.63) is 35.9 Å². The molecule has 1 aromatic rings. The molecule has 0 bridgehead atoms. The smallest absolute Gasteiger partial charge is 0.126 e. The van der Waals surface area contributed by atoms with Gasteiger partial charge in [-0.25, -0.2) is 0 Å². The molecular formula is C9H11BOTi. The summed E-state index contributed by atoms with van der Waals surface area (Å²) in [6.45, 7) is 0.705. The van der Waals surface area contributed by atoms with Crippen molar-refractivity contribution in [2.24, 2.45) is 0 Å². The predicted octanol–water partition coefficient (Wildman–Crippen LogP) is 0.906. The molecule has 0 unspecified atom stereocenters. The van der Waals surface area contributed by atoms with Gasteiger partial charge in [-0.3, -0.25) is 0 Å². The van der Waals surface area contributed by atoms with Gasteiger partial charge in [-0.1, -0.05) is 24.3 Å². The number of ether oxygens (including phenoxy) is 1. The first kappa shape index (κ1) is 11.5. The minimum atomic E-state index is 0. The van der Waals surface area contributed by atoms with Gasteiger partial charge >= 0.3 is 0 Å². The molecule has 0 aromatic heterocycles. The van der Waals surface area contributed by atoms with E-state index < -0.39 is 0 Å². The van der Waals surface area contributed by atoms with Crippen LogP contribution in [0.15, 0.2) is 30.3 Å². The Bertz CT molecular complexity index is 273. The van der Waals surface area contributed by atoms with E-state index in [2.05, 4.69) is 6.08 Å². The molecule has 3 heteroatoms. The summed E-state index contributed by atoms with van der Waals surface area (Å²) in [7, 11) is 0. The number of hydrogen-bond acceptors (Lipinski definition) is 1. The third kappa shape index (κ3) is 2.26. The summed E-state index contributed by atoms with van der Waals surface area (Å²) in [5.41, 5.74) is 1.17. The van der Waals surface area contributed by atoms with Crippen molar-refractivity contribution in [3.63, 3.8) is 0 Å². The van der Waals surface area contributed by atoms with Crippen LogP contribution in [0.25, 0.3) is 6.08 Å². The van der Waals surface area contributed by atoms with Crippen molar-refractivity contribution in [2.75, 3.05) is 6.61 Å². The average Bonchev–Trinajstić information content (AvgIpc) is 2.05. The van der Waals surface area contributed by atoms with Crippen LogP contribution < -0.4 is 4.74 Å². The van der Waals surface area contributed by atoms with E-state index in [1.165, 1.54) is 5.56 Å². The number of fused-ring (bicyclic) bond motifs is 1. The molecule has 60 valence electrons. The summed E-state index contributed by atoms with van der Waals surface area (Å²) in [5, 5.41) is 0. The molecule has 0 atom stereocenters. The fourth-order valence-corrected chi connectivity index (χ4v) is 1.06. The normalized spacial score (nSPS) is 11.7. The van der Waals surface area contributed by atoms with E-state index in [1.54, 1.807) is 0 Å². The van der Waals surface area contributed by atoms with E-state index >= 15 is 0 Å². The van der Waals surface area contributed by atoms with Crippen LogP contribution in [-0.4, -0.2) is 15.0 Å². The van der Waals surface area contributed by atoms with Crippen molar-refractivity contribution in [2.45, 2.75) is 0 Å². The summed E-state index contributed by atoms with van der Waals surface area (Å²) in [6, 6.07) is 8.03. The molecule has 0 saturated carbocycles. The van der Waals surface area contributed by atoms with E-state index in [0.717, 1.165) is 5.75 Å². The molecule has 0 amide bonds. The van der Waals surface area contributed by atoms with Crippen molar-refractivity contribution >= 4 is 14.5 Å². The van der Waals surface area contributed by atoms with Crippen LogP contribution in [0.3, 0.4) is 0 Å². The average molecular weight is 194 g/mol. The van der Waals surface area contributed by atoms with Crippen LogP contribution in [0.1, 0.15) is 5.56 Å². The molecule has 0 radical (unpaired) electrons. The van der Waals surface area contributed by atoms with E-state index in [-0.39, 0.29) is 30.1 Å². The first-order valence-electron chi connectivity index (χ1n) is 3.35. The molecule has 0 fully saturated rings. The topological polar surface area (TPSA) is 9.23 Å². The number of rotatable bonds is 0. The Hall–Kier alpha value is -0.461. The zero-order valence-electron chi connectivity index (χ0n) is 6.08. The quantitative estimate of drug-likeness (QED) is 0.557. The van der Waals surface area contributed by atoms with Crippen LogP contribution in [0.2, 0.25) is 0 Å². The van der Waals surface area contributed by atoms with Crippen LogP contribution in [0.4, 0.5) is 0 Å². The summed E-state index contributed by atoms with van der Waals surface area (Å²) in [6.07, 6.45) is 4.10. The first-order chi connectivity index (χ1) is 4.97. The third-order valence-electron chi connectivity index (χ3n) is 1.55. The fraction of sp³-hybridized carbons (Fsp3) is 0.111. The number of benzene rings is 1. The van der Waals surface area contributed by atoms with Gasteiger partial charge in [0.25, 0.3) is 0 Å². The van der Waals surface area contributed by atoms with Gasteiger partial charge in [-0.05, 0) is 12.1 Å². The number of para-hydroxylation sites is 1. The van der Waals surface area contributed by atoms with Crippen LogP contribution in [0, 0.1) is 0 Å². The zero-order valence-corrected chi connectivity index (χ0v) is 7.64. The molecule has 1 heterocycles. The van der Waals surface area contributed by atoms with Crippen molar-refractivity contribution < 1.29 is 26.5 Å². The second-order valence-corrected chi connectivity index (χ2v) is 2.25. The SMILES string of the molecule is B.C1=Cc2ccccc2OC1.[Ti]. The Labute approximate surface area is 89.3 Å². The Morgan fingerprint density at radius 3 is 2.67 bits per heavy atom. The standard InChI is InChI=1S/C9H8O.BH3.Ti/c1-2-6-9-8(4-1)5-3-7-10-9;;/h1-6H,7H2;1H3;. The second-order valence-electron chi connectivity index (χ2n) is 2.25. The molecular weight excluding hydrogens is 183 g/mol. The first-order valence-corrected chi connectivity index (χ1v) is 3.35. The van der Waals surface area contributed by atoms with Crippen LogP contribution >= 0.6 is 0 Å². The molecule has 1 nitrogen and oxygen atoms in total. The van der Waals surface area contributed by atoms with Gasteiger partial charge in [0.2, 0.25) is 0 Å². The van der Waals surface area contributed by atoms with E-state index in [9.17, 15) is 0 Å².